The Bertz CT molecular complexity index is 380. The summed E-state index contributed by atoms with van der Waals surface area (Å²) in [7, 11) is 3.98. The zero-order valence-corrected chi connectivity index (χ0v) is 13.4. The van der Waals surface area contributed by atoms with E-state index in [0.717, 1.165) is 24.6 Å². The maximum Gasteiger partial charge on any atom is 0.122 e. The lowest BCUT2D eigenvalue weighted by molar-refractivity contribution is 0.241. The van der Waals surface area contributed by atoms with Gasteiger partial charge in [-0.1, -0.05) is 18.2 Å². The number of hydrogen-bond donors (Lipinski definition) is 1. The third-order valence-corrected chi connectivity index (χ3v) is 3.98. The van der Waals surface area contributed by atoms with E-state index in [2.05, 4.69) is 29.4 Å². The van der Waals surface area contributed by atoms with Gasteiger partial charge in [0.05, 0.1) is 7.11 Å². The summed E-state index contributed by atoms with van der Waals surface area (Å²) in [5.74, 6) is 1.88. The fourth-order valence-corrected chi connectivity index (χ4v) is 2.82. The molecule has 1 aromatic rings. The summed E-state index contributed by atoms with van der Waals surface area (Å²) in [6, 6.07) is 8.32. The number of ether oxygens (including phenoxy) is 1. The lowest BCUT2D eigenvalue weighted by atomic mass is 9.97. The highest BCUT2D eigenvalue weighted by Gasteiger charge is 2.15. The number of hydrogen-bond acceptors (Lipinski definition) is 3. The van der Waals surface area contributed by atoms with Crippen molar-refractivity contribution in [3.05, 3.63) is 29.8 Å². The van der Waals surface area contributed by atoms with Crippen molar-refractivity contribution in [1.29, 1.82) is 0 Å². The first-order valence-corrected chi connectivity index (χ1v) is 7.30. The second-order valence-corrected chi connectivity index (χ2v) is 5.52. The first-order valence-electron chi connectivity index (χ1n) is 7.30. The van der Waals surface area contributed by atoms with Crippen LogP contribution in [0.15, 0.2) is 24.3 Å². The van der Waals surface area contributed by atoms with Crippen molar-refractivity contribution in [2.24, 2.45) is 5.92 Å². The summed E-state index contributed by atoms with van der Waals surface area (Å²) in [6.45, 7) is 4.69. The molecule has 114 valence electrons. The Morgan fingerprint density at radius 3 is 2.65 bits per heavy atom. The Morgan fingerprint density at radius 1 is 1.25 bits per heavy atom. The number of rotatable bonds is 6. The molecular formula is C16H27ClN2O. The number of nitrogens with zero attached hydrogens (tertiary/aromatic N) is 1. The molecule has 20 heavy (non-hydrogen) atoms. The van der Waals surface area contributed by atoms with E-state index in [0.29, 0.717) is 0 Å². The highest BCUT2D eigenvalue weighted by atomic mass is 35.5. The number of benzene rings is 1. The maximum absolute atomic E-state index is 5.40. The Labute approximate surface area is 129 Å². The first-order chi connectivity index (χ1) is 9.29. The molecule has 2 rings (SSSR count). The predicted molar refractivity (Wildman–Crippen MR) is 87.0 cm³/mol. The van der Waals surface area contributed by atoms with Crippen LogP contribution in [0.2, 0.25) is 0 Å². The van der Waals surface area contributed by atoms with Crippen LogP contribution in [0, 0.1) is 5.92 Å². The molecule has 0 spiro atoms. The number of para-hydroxylation sites is 1. The zero-order valence-electron chi connectivity index (χ0n) is 12.6. The molecule has 1 N–H and O–H groups in total. The highest BCUT2D eigenvalue weighted by molar-refractivity contribution is 5.85. The van der Waals surface area contributed by atoms with Gasteiger partial charge in [0, 0.05) is 13.1 Å². The van der Waals surface area contributed by atoms with Crippen molar-refractivity contribution in [1.82, 2.24) is 10.2 Å². The van der Waals surface area contributed by atoms with Crippen molar-refractivity contribution < 1.29 is 4.74 Å². The molecule has 0 atom stereocenters. The molecular weight excluding hydrogens is 272 g/mol. The van der Waals surface area contributed by atoms with E-state index < -0.39 is 0 Å². The van der Waals surface area contributed by atoms with Crippen LogP contribution in [0.3, 0.4) is 0 Å². The van der Waals surface area contributed by atoms with Gasteiger partial charge in [0.1, 0.15) is 5.75 Å². The van der Waals surface area contributed by atoms with Gasteiger partial charge in [-0.15, -0.1) is 12.4 Å². The van der Waals surface area contributed by atoms with Crippen molar-refractivity contribution in [2.75, 3.05) is 40.3 Å². The second kappa shape index (κ2) is 9.22. The summed E-state index contributed by atoms with van der Waals surface area (Å²) in [5, 5.41) is 3.43. The van der Waals surface area contributed by atoms with E-state index in [1.165, 1.54) is 38.0 Å². The van der Waals surface area contributed by atoms with E-state index in [1.807, 2.05) is 12.1 Å². The van der Waals surface area contributed by atoms with Crippen LogP contribution in [-0.2, 0) is 6.42 Å². The number of halogens is 1. The topological polar surface area (TPSA) is 24.5 Å². The quantitative estimate of drug-likeness (QED) is 0.874. The average Bonchev–Trinajstić information content (AvgIpc) is 2.46. The van der Waals surface area contributed by atoms with Crippen molar-refractivity contribution in [3.63, 3.8) is 0 Å². The molecule has 3 nitrogen and oxygen atoms in total. The highest BCUT2D eigenvalue weighted by Crippen LogP contribution is 2.18. The predicted octanol–water partition coefficient (Wildman–Crippen LogP) is 2.59. The Kier molecular flexibility index (Phi) is 7.97. The van der Waals surface area contributed by atoms with Crippen LogP contribution in [0.25, 0.3) is 0 Å². The molecule has 0 saturated carbocycles. The largest absolute Gasteiger partial charge is 0.496 e. The zero-order chi connectivity index (χ0) is 13.5. The number of methoxy groups -OCH3 is 1. The second-order valence-electron chi connectivity index (χ2n) is 5.52. The van der Waals surface area contributed by atoms with Gasteiger partial charge in [0.15, 0.2) is 0 Å². The number of piperidine rings is 1. The van der Waals surface area contributed by atoms with Gasteiger partial charge in [-0.3, -0.25) is 0 Å². The van der Waals surface area contributed by atoms with Gasteiger partial charge in [0.25, 0.3) is 0 Å². The lowest BCUT2D eigenvalue weighted by Crippen LogP contribution is -2.35. The fourth-order valence-electron chi connectivity index (χ4n) is 2.82. The van der Waals surface area contributed by atoms with Gasteiger partial charge in [0.2, 0.25) is 0 Å². The molecule has 1 aromatic carbocycles. The summed E-state index contributed by atoms with van der Waals surface area (Å²) >= 11 is 0. The minimum atomic E-state index is 0. The van der Waals surface area contributed by atoms with Crippen LogP contribution in [0.1, 0.15) is 18.4 Å². The van der Waals surface area contributed by atoms with E-state index >= 15 is 0 Å². The third-order valence-electron chi connectivity index (χ3n) is 3.98. The van der Waals surface area contributed by atoms with Crippen LogP contribution in [-0.4, -0.2) is 45.2 Å². The summed E-state index contributed by atoms with van der Waals surface area (Å²) < 4.78 is 5.40. The van der Waals surface area contributed by atoms with E-state index in [9.17, 15) is 0 Å². The van der Waals surface area contributed by atoms with Crippen molar-refractivity contribution in [3.8, 4) is 5.75 Å². The molecule has 1 saturated heterocycles. The smallest absolute Gasteiger partial charge is 0.122 e. The van der Waals surface area contributed by atoms with Crippen LogP contribution < -0.4 is 10.1 Å². The van der Waals surface area contributed by atoms with Gasteiger partial charge < -0.3 is 15.0 Å². The molecule has 0 radical (unpaired) electrons. The van der Waals surface area contributed by atoms with Gasteiger partial charge in [-0.25, -0.2) is 0 Å². The molecule has 0 aromatic heterocycles. The van der Waals surface area contributed by atoms with Crippen LogP contribution >= 0.6 is 12.4 Å². The van der Waals surface area contributed by atoms with Gasteiger partial charge >= 0.3 is 0 Å². The standard InChI is InChI=1S/C16H26N2O.ClH/c1-18(13-14-7-10-17-11-8-14)12-9-15-5-3-4-6-16(15)19-2;/h3-6,14,17H,7-13H2,1-2H3;1H. The molecule has 4 heteroatoms. The molecule has 1 aliphatic heterocycles. The fraction of sp³-hybridized carbons (Fsp3) is 0.625. The monoisotopic (exact) mass is 298 g/mol. The van der Waals surface area contributed by atoms with Crippen molar-refractivity contribution >= 4 is 12.4 Å². The molecule has 0 unspecified atom stereocenters. The normalized spacial score (nSPS) is 15.9. The maximum atomic E-state index is 5.40. The summed E-state index contributed by atoms with van der Waals surface area (Å²) in [4.78, 5) is 2.46. The minimum absolute atomic E-state index is 0. The third kappa shape index (κ3) is 5.31. The lowest BCUT2D eigenvalue weighted by Gasteiger charge is -2.27. The average molecular weight is 299 g/mol. The Hall–Kier alpha value is -0.770. The number of nitrogens with one attached hydrogen (secondary N) is 1. The molecule has 0 bridgehead atoms. The minimum Gasteiger partial charge on any atom is -0.496 e. The summed E-state index contributed by atoms with van der Waals surface area (Å²) in [5.41, 5.74) is 1.31. The SMILES string of the molecule is COc1ccccc1CCN(C)CC1CCNCC1.Cl. The van der Waals surface area contributed by atoms with E-state index in [4.69, 9.17) is 4.74 Å². The molecule has 0 amide bonds. The van der Waals surface area contributed by atoms with E-state index in [-0.39, 0.29) is 12.4 Å². The van der Waals surface area contributed by atoms with Crippen LogP contribution in [0.4, 0.5) is 0 Å². The van der Waals surface area contributed by atoms with Gasteiger partial charge in [-0.2, -0.15) is 0 Å². The first kappa shape index (κ1) is 17.3. The number of likely N-dealkylation sites (N-methyl/N-ethyl adjacent to an activating group) is 1. The molecule has 0 aliphatic carbocycles. The Morgan fingerprint density at radius 2 is 1.95 bits per heavy atom. The van der Waals surface area contributed by atoms with E-state index in [1.54, 1.807) is 7.11 Å². The summed E-state index contributed by atoms with van der Waals surface area (Å²) in [6.07, 6.45) is 3.70. The Balaban J connectivity index is 0.00000200. The molecule has 1 fully saturated rings. The molecule has 1 aliphatic rings. The van der Waals surface area contributed by atoms with Crippen molar-refractivity contribution in [2.45, 2.75) is 19.3 Å². The van der Waals surface area contributed by atoms with Gasteiger partial charge in [-0.05, 0) is 56.9 Å². The van der Waals surface area contributed by atoms with Crippen LogP contribution in [0.5, 0.6) is 5.75 Å². The molecule has 1 heterocycles.